The van der Waals surface area contributed by atoms with Crippen LogP contribution in [0.4, 0.5) is 10.5 Å². The van der Waals surface area contributed by atoms with Crippen LogP contribution in [0, 0.1) is 0 Å². The molecule has 0 aromatic heterocycles. The van der Waals surface area contributed by atoms with Gasteiger partial charge in [-0.25, -0.2) is 9.59 Å². The van der Waals surface area contributed by atoms with Crippen molar-refractivity contribution in [2.24, 2.45) is 0 Å². The number of ether oxygens (including phenoxy) is 2. The number of methoxy groups -OCH3 is 1. The molecule has 1 aliphatic rings. The van der Waals surface area contributed by atoms with Crippen molar-refractivity contribution in [1.29, 1.82) is 0 Å². The third-order valence-electron chi connectivity index (χ3n) is 5.93. The van der Waals surface area contributed by atoms with Gasteiger partial charge in [-0.2, -0.15) is 0 Å². The van der Waals surface area contributed by atoms with E-state index in [0.29, 0.717) is 5.69 Å². The van der Waals surface area contributed by atoms with Crippen LogP contribution < -0.4 is 10.6 Å². The van der Waals surface area contributed by atoms with Crippen LogP contribution in [0.25, 0.3) is 11.1 Å². The van der Waals surface area contributed by atoms with Gasteiger partial charge in [0, 0.05) is 37.3 Å². The second-order valence-electron chi connectivity index (χ2n) is 8.18. The normalized spacial score (nSPS) is 12.8. The molecular weight excluding hydrogens is 448 g/mol. The van der Waals surface area contributed by atoms with Crippen LogP contribution in [0.2, 0.25) is 0 Å². The molecule has 4 rings (SSSR count). The standard InChI is InChI=1S/C27H26N2O6/c1-34-14-13-24(26(31)32)29-25(30)17-7-6-8-18(15-17)28-27(33)35-16-23-21-11-4-2-9-19(21)20-10-3-5-12-22(20)23/h2-12,15,23-24H,13-14,16H2,1H3,(H,28,33)(H,29,30)(H,31,32). The van der Waals surface area contributed by atoms with Crippen molar-refractivity contribution in [3.63, 3.8) is 0 Å². The molecule has 8 heteroatoms. The molecule has 1 aliphatic carbocycles. The number of amides is 2. The molecule has 0 radical (unpaired) electrons. The van der Waals surface area contributed by atoms with Crippen molar-refractivity contribution >= 4 is 23.7 Å². The number of anilines is 1. The van der Waals surface area contributed by atoms with Crippen molar-refractivity contribution in [3.05, 3.63) is 89.5 Å². The number of carboxylic acids is 1. The minimum Gasteiger partial charge on any atom is -0.480 e. The van der Waals surface area contributed by atoms with Gasteiger partial charge >= 0.3 is 12.1 Å². The second kappa shape index (κ2) is 10.8. The summed E-state index contributed by atoms with van der Waals surface area (Å²) in [6, 6.07) is 21.3. The van der Waals surface area contributed by atoms with Gasteiger partial charge in [-0.05, 0) is 40.5 Å². The molecule has 1 atom stereocenters. The van der Waals surface area contributed by atoms with Crippen LogP contribution in [-0.2, 0) is 14.3 Å². The molecule has 0 saturated heterocycles. The Morgan fingerprint density at radius 2 is 1.60 bits per heavy atom. The van der Waals surface area contributed by atoms with Gasteiger partial charge in [-0.15, -0.1) is 0 Å². The highest BCUT2D eigenvalue weighted by Gasteiger charge is 2.29. The second-order valence-corrected chi connectivity index (χ2v) is 8.18. The topological polar surface area (TPSA) is 114 Å². The summed E-state index contributed by atoms with van der Waals surface area (Å²) in [6.07, 6.45) is -0.511. The van der Waals surface area contributed by atoms with Gasteiger partial charge in [-0.3, -0.25) is 10.1 Å². The van der Waals surface area contributed by atoms with E-state index in [0.717, 1.165) is 22.3 Å². The first-order valence-electron chi connectivity index (χ1n) is 11.2. The summed E-state index contributed by atoms with van der Waals surface area (Å²) in [7, 11) is 1.46. The Labute approximate surface area is 202 Å². The molecule has 0 heterocycles. The van der Waals surface area contributed by atoms with Gasteiger partial charge in [0.1, 0.15) is 12.6 Å². The Balaban J connectivity index is 1.38. The quantitative estimate of drug-likeness (QED) is 0.427. The molecule has 0 aliphatic heterocycles. The summed E-state index contributed by atoms with van der Waals surface area (Å²) in [6.45, 7) is 0.362. The molecule has 0 spiro atoms. The summed E-state index contributed by atoms with van der Waals surface area (Å²) in [4.78, 5) is 36.4. The molecule has 35 heavy (non-hydrogen) atoms. The van der Waals surface area contributed by atoms with Crippen molar-refractivity contribution in [2.45, 2.75) is 18.4 Å². The Kier molecular flexibility index (Phi) is 7.42. The summed E-state index contributed by atoms with van der Waals surface area (Å²) in [5.74, 6) is -1.78. The highest BCUT2D eigenvalue weighted by Crippen LogP contribution is 2.44. The van der Waals surface area contributed by atoms with E-state index in [9.17, 15) is 19.5 Å². The Morgan fingerprint density at radius 3 is 2.23 bits per heavy atom. The zero-order valence-electron chi connectivity index (χ0n) is 19.2. The maximum atomic E-state index is 12.5. The third kappa shape index (κ3) is 5.50. The largest absolute Gasteiger partial charge is 0.480 e. The van der Waals surface area contributed by atoms with Gasteiger partial charge in [0.05, 0.1) is 0 Å². The summed E-state index contributed by atoms with van der Waals surface area (Å²) in [5.41, 5.74) is 5.08. The maximum absolute atomic E-state index is 12.5. The zero-order valence-corrected chi connectivity index (χ0v) is 19.2. The Bertz CT molecular complexity index is 1200. The third-order valence-corrected chi connectivity index (χ3v) is 5.93. The summed E-state index contributed by atoms with van der Waals surface area (Å²) < 4.78 is 10.4. The van der Waals surface area contributed by atoms with Crippen LogP contribution in [0.15, 0.2) is 72.8 Å². The zero-order chi connectivity index (χ0) is 24.8. The number of nitrogens with one attached hydrogen (secondary N) is 2. The fourth-order valence-corrected chi connectivity index (χ4v) is 4.23. The molecule has 0 fully saturated rings. The fraction of sp³-hybridized carbons (Fsp3) is 0.222. The minimum absolute atomic E-state index is 0.0645. The lowest BCUT2D eigenvalue weighted by Gasteiger charge is -2.15. The number of benzene rings is 3. The first-order chi connectivity index (χ1) is 17.0. The molecule has 2 amide bonds. The van der Waals surface area contributed by atoms with E-state index in [1.54, 1.807) is 12.1 Å². The lowest BCUT2D eigenvalue weighted by Crippen LogP contribution is -2.41. The number of carboxylic acid groups (broad SMARTS) is 1. The van der Waals surface area contributed by atoms with Crippen molar-refractivity contribution in [2.75, 3.05) is 25.6 Å². The van der Waals surface area contributed by atoms with Gasteiger partial charge in [-0.1, -0.05) is 54.6 Å². The van der Waals surface area contributed by atoms with E-state index in [4.69, 9.17) is 9.47 Å². The highest BCUT2D eigenvalue weighted by atomic mass is 16.5. The Morgan fingerprint density at radius 1 is 0.943 bits per heavy atom. The Hall–Kier alpha value is -4.17. The van der Waals surface area contributed by atoms with Crippen molar-refractivity contribution in [1.82, 2.24) is 5.32 Å². The number of fused-ring (bicyclic) bond motifs is 3. The number of aliphatic carboxylic acids is 1. The SMILES string of the molecule is COCCC(NC(=O)c1cccc(NC(=O)OCC2c3ccccc3-c3ccccc32)c1)C(=O)O. The van der Waals surface area contributed by atoms with E-state index in [-0.39, 0.29) is 31.1 Å². The monoisotopic (exact) mass is 474 g/mol. The van der Waals surface area contributed by atoms with Crippen LogP contribution in [0.1, 0.15) is 33.8 Å². The molecule has 1 unspecified atom stereocenters. The first kappa shape index (κ1) is 24.0. The summed E-state index contributed by atoms with van der Waals surface area (Å²) in [5, 5.41) is 14.4. The van der Waals surface area contributed by atoms with E-state index in [2.05, 4.69) is 22.8 Å². The van der Waals surface area contributed by atoms with Gasteiger partial charge in [0.25, 0.3) is 5.91 Å². The van der Waals surface area contributed by atoms with Gasteiger partial charge in [0.2, 0.25) is 0 Å². The summed E-state index contributed by atoms with van der Waals surface area (Å²) >= 11 is 0. The van der Waals surface area contributed by atoms with Crippen LogP contribution in [0.5, 0.6) is 0 Å². The average Bonchev–Trinajstić information content (AvgIpc) is 3.19. The molecule has 3 aromatic carbocycles. The van der Waals surface area contributed by atoms with Crippen LogP contribution in [0.3, 0.4) is 0 Å². The number of hydrogen-bond donors (Lipinski definition) is 3. The lowest BCUT2D eigenvalue weighted by molar-refractivity contribution is -0.139. The van der Waals surface area contributed by atoms with Gasteiger partial charge < -0.3 is 19.9 Å². The average molecular weight is 475 g/mol. The first-order valence-corrected chi connectivity index (χ1v) is 11.2. The number of rotatable bonds is 9. The maximum Gasteiger partial charge on any atom is 0.411 e. The van der Waals surface area contributed by atoms with E-state index >= 15 is 0 Å². The van der Waals surface area contributed by atoms with E-state index in [1.165, 1.54) is 19.2 Å². The molecule has 3 N–H and O–H groups in total. The fourth-order valence-electron chi connectivity index (χ4n) is 4.23. The lowest BCUT2D eigenvalue weighted by atomic mass is 9.98. The predicted octanol–water partition coefficient (Wildman–Crippen LogP) is 4.27. The van der Waals surface area contributed by atoms with Crippen LogP contribution in [-0.4, -0.2) is 49.4 Å². The molecule has 180 valence electrons. The van der Waals surface area contributed by atoms with E-state index in [1.807, 2.05) is 36.4 Å². The molecule has 0 saturated carbocycles. The van der Waals surface area contributed by atoms with Crippen molar-refractivity contribution < 1.29 is 29.0 Å². The van der Waals surface area contributed by atoms with E-state index < -0.39 is 24.0 Å². The smallest absolute Gasteiger partial charge is 0.411 e. The number of hydrogen-bond acceptors (Lipinski definition) is 5. The molecule has 3 aromatic rings. The minimum atomic E-state index is -1.15. The molecule has 0 bridgehead atoms. The van der Waals surface area contributed by atoms with Crippen LogP contribution >= 0.6 is 0 Å². The predicted molar refractivity (Wildman–Crippen MR) is 131 cm³/mol. The number of carbonyl (C=O) groups excluding carboxylic acids is 2. The van der Waals surface area contributed by atoms with Gasteiger partial charge in [0.15, 0.2) is 0 Å². The number of carbonyl (C=O) groups is 3. The molecular formula is C27H26N2O6. The molecule has 8 nitrogen and oxygen atoms in total. The highest BCUT2D eigenvalue weighted by molar-refractivity contribution is 5.98. The van der Waals surface area contributed by atoms with Crippen molar-refractivity contribution in [3.8, 4) is 11.1 Å².